The van der Waals surface area contributed by atoms with Gasteiger partial charge in [-0.2, -0.15) is 0 Å². The second kappa shape index (κ2) is 8.61. The Morgan fingerprint density at radius 1 is 1.42 bits per heavy atom. The number of hydrogen-bond acceptors (Lipinski definition) is 2. The Balaban J connectivity index is 4.86. The van der Waals surface area contributed by atoms with Crippen LogP contribution in [0, 0.1) is 5.92 Å². The van der Waals surface area contributed by atoms with E-state index in [-0.39, 0.29) is 18.1 Å². The molecule has 0 spiro atoms. The number of carbonyl (C=O) groups excluding carboxylic acids is 1. The second-order valence-electron chi connectivity index (χ2n) is 5.66. The first-order chi connectivity index (χ1) is 8.71. The fourth-order valence-corrected chi connectivity index (χ4v) is 2.42. The van der Waals surface area contributed by atoms with Crippen LogP contribution in [-0.4, -0.2) is 17.7 Å². The number of amides is 1. The van der Waals surface area contributed by atoms with Gasteiger partial charge in [0.1, 0.15) is 5.60 Å². The lowest BCUT2D eigenvalue weighted by Crippen LogP contribution is -2.42. The van der Waals surface area contributed by atoms with E-state index < -0.39 is 5.60 Å². The third-order valence-electron chi connectivity index (χ3n) is 2.59. The first kappa shape index (κ1) is 18.5. The molecule has 1 N–H and O–H groups in total. The lowest BCUT2D eigenvalue weighted by molar-refractivity contribution is 0.0504. The predicted molar refractivity (Wildman–Crippen MR) is 89.5 cm³/mol. The van der Waals surface area contributed by atoms with Crippen molar-refractivity contribution in [3.05, 3.63) is 21.8 Å². The minimum atomic E-state index is -0.473. The van der Waals surface area contributed by atoms with Crippen LogP contribution in [0.4, 0.5) is 4.79 Å². The summed E-state index contributed by atoms with van der Waals surface area (Å²) < 4.78 is 7.30. The second-order valence-corrected chi connectivity index (χ2v) is 6.38. The van der Waals surface area contributed by atoms with Gasteiger partial charge in [0.25, 0.3) is 0 Å². The highest BCUT2D eigenvalue weighted by molar-refractivity contribution is 14.1. The Bertz CT molecular complexity index is 343. The fraction of sp³-hybridized carbons (Fsp3) is 0.667. The minimum Gasteiger partial charge on any atom is -0.444 e. The molecular weight excluding hydrogens is 353 g/mol. The standard InChI is InChI=1S/C15H26INO2/c1-7-8-11(2)13(12(3)9-10-16)17-14(18)19-15(4,5)6/h8-10,12-13H,7H2,1-6H3,(H,17,18)/b10-9+,11-8+/t12-,13+/m0/s1. The fourth-order valence-electron chi connectivity index (χ4n) is 1.77. The molecule has 0 saturated carbocycles. The number of halogens is 1. The maximum Gasteiger partial charge on any atom is 0.408 e. The van der Waals surface area contributed by atoms with Crippen molar-refractivity contribution in [2.75, 3.05) is 0 Å². The molecule has 110 valence electrons. The summed E-state index contributed by atoms with van der Waals surface area (Å²) in [6, 6.07) is -0.0270. The van der Waals surface area contributed by atoms with Gasteiger partial charge < -0.3 is 10.1 Å². The predicted octanol–water partition coefficient (Wildman–Crippen LogP) is 4.82. The van der Waals surface area contributed by atoms with E-state index in [0.29, 0.717) is 0 Å². The molecule has 2 atom stereocenters. The average Bonchev–Trinajstić information content (AvgIpc) is 2.24. The maximum atomic E-state index is 11.9. The molecule has 3 nitrogen and oxygen atoms in total. The molecule has 0 rings (SSSR count). The van der Waals surface area contributed by atoms with Crippen LogP contribution in [0.2, 0.25) is 0 Å². The lowest BCUT2D eigenvalue weighted by Gasteiger charge is -2.27. The van der Waals surface area contributed by atoms with E-state index in [0.717, 1.165) is 12.0 Å². The van der Waals surface area contributed by atoms with E-state index in [4.69, 9.17) is 4.74 Å². The van der Waals surface area contributed by atoms with Gasteiger partial charge in [0.15, 0.2) is 0 Å². The van der Waals surface area contributed by atoms with Crippen LogP contribution < -0.4 is 5.32 Å². The highest BCUT2D eigenvalue weighted by atomic mass is 127. The van der Waals surface area contributed by atoms with Crippen LogP contribution in [0.3, 0.4) is 0 Å². The summed E-state index contributed by atoms with van der Waals surface area (Å²) in [4.78, 5) is 11.9. The lowest BCUT2D eigenvalue weighted by atomic mass is 9.95. The number of carbonyl (C=O) groups is 1. The van der Waals surface area contributed by atoms with Crippen LogP contribution in [0.1, 0.15) is 48.0 Å². The molecule has 1 amide bonds. The van der Waals surface area contributed by atoms with Gasteiger partial charge in [-0.3, -0.25) is 0 Å². The van der Waals surface area contributed by atoms with Crippen molar-refractivity contribution in [2.45, 2.75) is 59.6 Å². The number of hydrogen-bond donors (Lipinski definition) is 1. The first-order valence-corrected chi connectivity index (χ1v) is 7.88. The van der Waals surface area contributed by atoms with E-state index in [2.05, 4.69) is 53.9 Å². The van der Waals surface area contributed by atoms with Gasteiger partial charge in [0.2, 0.25) is 0 Å². The molecule has 0 aliphatic heterocycles. The SMILES string of the molecule is CC/C=C(\C)[C@@H](NC(=O)OC(C)(C)C)[C@@H](C)/C=C/I. The van der Waals surface area contributed by atoms with E-state index >= 15 is 0 Å². The van der Waals surface area contributed by atoms with Crippen molar-refractivity contribution in [3.8, 4) is 0 Å². The normalized spacial score (nSPS) is 16.3. The first-order valence-electron chi connectivity index (χ1n) is 6.64. The summed E-state index contributed by atoms with van der Waals surface area (Å²) >= 11 is 2.19. The van der Waals surface area contributed by atoms with E-state index in [1.807, 2.05) is 31.8 Å². The molecule has 0 aliphatic rings. The topological polar surface area (TPSA) is 38.3 Å². The van der Waals surface area contributed by atoms with Gasteiger partial charge in [-0.15, -0.1) is 0 Å². The molecule has 0 fully saturated rings. The zero-order chi connectivity index (χ0) is 15.1. The molecule has 0 aromatic heterocycles. The molecule has 0 radical (unpaired) electrons. The number of rotatable bonds is 5. The molecule has 19 heavy (non-hydrogen) atoms. The summed E-state index contributed by atoms with van der Waals surface area (Å²) in [6.07, 6.45) is 4.81. The van der Waals surface area contributed by atoms with Crippen molar-refractivity contribution >= 4 is 28.7 Å². The van der Waals surface area contributed by atoms with Gasteiger partial charge >= 0.3 is 6.09 Å². The van der Waals surface area contributed by atoms with Crippen molar-refractivity contribution in [1.29, 1.82) is 0 Å². The summed E-state index contributed by atoms with van der Waals surface area (Å²) in [5, 5.41) is 2.96. The Morgan fingerprint density at radius 2 is 2.00 bits per heavy atom. The smallest absolute Gasteiger partial charge is 0.408 e. The Hall–Kier alpha value is -0.520. The summed E-state index contributed by atoms with van der Waals surface area (Å²) in [5.41, 5.74) is 0.690. The summed E-state index contributed by atoms with van der Waals surface area (Å²) in [6.45, 7) is 11.8. The third-order valence-corrected chi connectivity index (χ3v) is 3.01. The number of allylic oxidation sites excluding steroid dienone is 1. The summed E-state index contributed by atoms with van der Waals surface area (Å²) in [5.74, 6) is 0.229. The molecule has 0 bridgehead atoms. The van der Waals surface area contributed by atoms with E-state index in [9.17, 15) is 4.79 Å². The largest absolute Gasteiger partial charge is 0.444 e. The van der Waals surface area contributed by atoms with Crippen molar-refractivity contribution in [3.63, 3.8) is 0 Å². The van der Waals surface area contributed by atoms with Crippen LogP contribution in [-0.2, 0) is 4.74 Å². The molecule has 0 aliphatic carbocycles. The Labute approximate surface area is 131 Å². The Morgan fingerprint density at radius 3 is 2.42 bits per heavy atom. The highest BCUT2D eigenvalue weighted by Gasteiger charge is 2.23. The van der Waals surface area contributed by atoms with Gasteiger partial charge in [0.05, 0.1) is 6.04 Å². The number of ether oxygens (including phenoxy) is 1. The highest BCUT2D eigenvalue weighted by Crippen LogP contribution is 2.16. The summed E-state index contributed by atoms with van der Waals surface area (Å²) in [7, 11) is 0. The Kier molecular flexibility index (Phi) is 8.38. The van der Waals surface area contributed by atoms with Gasteiger partial charge in [-0.1, -0.05) is 54.2 Å². The van der Waals surface area contributed by atoms with E-state index in [1.54, 1.807) is 0 Å². The van der Waals surface area contributed by atoms with Crippen molar-refractivity contribution < 1.29 is 9.53 Å². The van der Waals surface area contributed by atoms with Gasteiger partial charge in [-0.25, -0.2) is 4.79 Å². The van der Waals surface area contributed by atoms with E-state index in [1.165, 1.54) is 0 Å². The van der Waals surface area contributed by atoms with Crippen molar-refractivity contribution in [1.82, 2.24) is 5.32 Å². The molecule has 0 aromatic carbocycles. The third kappa shape index (κ3) is 8.29. The quantitative estimate of drug-likeness (QED) is 0.549. The molecule has 0 heterocycles. The molecule has 4 heteroatoms. The minimum absolute atomic E-state index is 0.0270. The van der Waals surface area contributed by atoms with Gasteiger partial charge in [0, 0.05) is 0 Å². The van der Waals surface area contributed by atoms with Gasteiger partial charge in [-0.05, 0) is 44.1 Å². The molecular formula is C15H26INO2. The molecule has 0 aromatic rings. The monoisotopic (exact) mass is 379 g/mol. The molecule has 0 saturated heterocycles. The number of alkyl carbamates (subject to hydrolysis) is 1. The van der Waals surface area contributed by atoms with Crippen LogP contribution in [0.15, 0.2) is 21.8 Å². The van der Waals surface area contributed by atoms with Crippen LogP contribution in [0.25, 0.3) is 0 Å². The van der Waals surface area contributed by atoms with Crippen molar-refractivity contribution in [2.24, 2.45) is 5.92 Å². The average molecular weight is 379 g/mol. The zero-order valence-corrected chi connectivity index (χ0v) is 14.9. The maximum absolute atomic E-state index is 11.9. The molecule has 0 unspecified atom stereocenters. The van der Waals surface area contributed by atoms with Crippen LogP contribution >= 0.6 is 22.6 Å². The zero-order valence-electron chi connectivity index (χ0n) is 12.8. The van der Waals surface area contributed by atoms with Crippen LogP contribution in [0.5, 0.6) is 0 Å². The number of nitrogens with one attached hydrogen (secondary N) is 1.